The van der Waals surface area contributed by atoms with Crippen molar-refractivity contribution >= 4 is 10.1 Å². The molecule has 0 spiro atoms. The monoisotopic (exact) mass is 426 g/mol. The van der Waals surface area contributed by atoms with Crippen molar-refractivity contribution < 1.29 is 17.7 Å². The summed E-state index contributed by atoms with van der Waals surface area (Å²) in [6.07, 6.45) is 14.8. The molecular weight excluding hydrogens is 384 g/mol. The van der Waals surface area contributed by atoms with E-state index in [1.807, 2.05) is 6.07 Å². The molecule has 168 valence electrons. The molecule has 0 heterocycles. The zero-order valence-electron chi connectivity index (χ0n) is 18.8. The molecule has 0 amide bonds. The van der Waals surface area contributed by atoms with Crippen molar-refractivity contribution in [3.05, 3.63) is 29.3 Å². The van der Waals surface area contributed by atoms with Crippen LogP contribution < -0.4 is 4.74 Å². The van der Waals surface area contributed by atoms with Crippen LogP contribution in [0.1, 0.15) is 103 Å². The Labute approximate surface area is 179 Å². The van der Waals surface area contributed by atoms with E-state index >= 15 is 0 Å². The molecule has 1 N–H and O–H groups in total. The third kappa shape index (κ3) is 11.0. The molecule has 0 bridgehead atoms. The predicted molar refractivity (Wildman–Crippen MR) is 122 cm³/mol. The smallest absolute Gasteiger partial charge is 0.271 e. The van der Waals surface area contributed by atoms with E-state index in [1.54, 1.807) is 6.92 Å². The molecule has 0 aromatic heterocycles. The van der Waals surface area contributed by atoms with Gasteiger partial charge >= 0.3 is 0 Å². The Morgan fingerprint density at radius 2 is 1.45 bits per heavy atom. The largest absolute Gasteiger partial charge is 0.492 e. The van der Waals surface area contributed by atoms with Crippen molar-refractivity contribution in [2.45, 2.75) is 109 Å². The first-order valence-electron chi connectivity index (χ1n) is 11.6. The summed E-state index contributed by atoms with van der Waals surface area (Å²) in [5.41, 5.74) is 2.50. The lowest BCUT2D eigenvalue weighted by molar-refractivity contribution is 0.299. The van der Waals surface area contributed by atoms with E-state index in [0.29, 0.717) is 6.42 Å². The number of rotatable bonds is 17. The maximum absolute atomic E-state index is 11.5. The lowest BCUT2D eigenvalue weighted by Crippen LogP contribution is -2.27. The molecule has 4 nitrogen and oxygen atoms in total. The van der Waals surface area contributed by atoms with Crippen molar-refractivity contribution in [2.24, 2.45) is 0 Å². The molecule has 0 aliphatic rings. The van der Waals surface area contributed by atoms with E-state index in [2.05, 4.69) is 26.0 Å². The molecule has 1 atom stereocenters. The molecule has 0 fully saturated rings. The predicted octanol–water partition coefficient (Wildman–Crippen LogP) is 6.76. The summed E-state index contributed by atoms with van der Waals surface area (Å²) in [4.78, 5) is 0. The minimum atomic E-state index is -4.08. The van der Waals surface area contributed by atoms with Gasteiger partial charge in [-0.15, -0.1) is 0 Å². The summed E-state index contributed by atoms with van der Waals surface area (Å²) in [6.45, 7) is 6.19. The highest BCUT2D eigenvalue weighted by Gasteiger charge is 2.22. The molecule has 1 aromatic carbocycles. The van der Waals surface area contributed by atoms with E-state index in [-0.39, 0.29) is 6.61 Å². The molecule has 0 aliphatic heterocycles. The molecule has 0 aliphatic carbocycles. The third-order valence-electron chi connectivity index (χ3n) is 5.54. The van der Waals surface area contributed by atoms with Gasteiger partial charge in [-0.25, -0.2) is 0 Å². The summed E-state index contributed by atoms with van der Waals surface area (Å²) in [5.74, 6) is 0.761. The highest BCUT2D eigenvalue weighted by molar-refractivity contribution is 7.86. The number of ether oxygens (including phenoxy) is 1. The highest BCUT2D eigenvalue weighted by Crippen LogP contribution is 2.25. The fraction of sp³-hybridized carbons (Fsp3) is 0.750. The normalized spacial score (nSPS) is 12.8. The van der Waals surface area contributed by atoms with Crippen LogP contribution in [0.4, 0.5) is 0 Å². The summed E-state index contributed by atoms with van der Waals surface area (Å²) in [7, 11) is -4.08. The third-order valence-corrected chi connectivity index (χ3v) is 6.86. The Morgan fingerprint density at radius 3 is 2.00 bits per heavy atom. The van der Waals surface area contributed by atoms with Gasteiger partial charge in [0.05, 0.1) is 0 Å². The topological polar surface area (TPSA) is 63.6 Å². The van der Waals surface area contributed by atoms with Gasteiger partial charge < -0.3 is 4.74 Å². The molecular formula is C24H42O4S. The quantitative estimate of drug-likeness (QED) is 0.221. The Bertz CT molecular complexity index is 655. The average Bonchev–Trinajstić information content (AvgIpc) is 2.68. The van der Waals surface area contributed by atoms with E-state index in [0.717, 1.165) is 30.6 Å². The van der Waals surface area contributed by atoms with Gasteiger partial charge in [0.2, 0.25) is 0 Å². The van der Waals surface area contributed by atoms with Gasteiger partial charge in [0.25, 0.3) is 10.1 Å². The molecule has 0 radical (unpaired) electrons. The van der Waals surface area contributed by atoms with Crippen molar-refractivity contribution in [3.8, 4) is 5.75 Å². The van der Waals surface area contributed by atoms with Crippen molar-refractivity contribution in [2.75, 3.05) is 6.61 Å². The van der Waals surface area contributed by atoms with Gasteiger partial charge in [-0.05, 0) is 49.3 Å². The van der Waals surface area contributed by atoms with Crippen molar-refractivity contribution in [1.29, 1.82) is 0 Å². The first kappa shape index (κ1) is 26.0. The Balaban J connectivity index is 2.75. The highest BCUT2D eigenvalue weighted by atomic mass is 32.2. The van der Waals surface area contributed by atoms with Gasteiger partial charge in [-0.3, -0.25) is 4.55 Å². The van der Waals surface area contributed by atoms with Gasteiger partial charge in [0.15, 0.2) is 0 Å². The summed E-state index contributed by atoms with van der Waals surface area (Å²) in [5, 5.41) is -0.877. The van der Waals surface area contributed by atoms with Gasteiger partial charge in [-0.1, -0.05) is 84.3 Å². The van der Waals surface area contributed by atoms with Crippen LogP contribution in [0.25, 0.3) is 0 Å². The molecule has 5 heteroatoms. The van der Waals surface area contributed by atoms with Crippen LogP contribution in [0.5, 0.6) is 5.75 Å². The standard InChI is InChI=1S/C24H42O4S/c1-4-7-9-11-13-15-21-17-18-24(28-20-23(6-3)29(25,26)27)22(19-21)16-14-12-10-8-5-2/h17-19,23H,4-16,20H2,1-3H3,(H,25,26,27). The van der Waals surface area contributed by atoms with Gasteiger partial charge in [0.1, 0.15) is 17.6 Å². The molecule has 0 saturated carbocycles. The van der Waals surface area contributed by atoms with Crippen LogP contribution in [-0.4, -0.2) is 24.8 Å². The molecule has 1 unspecified atom stereocenters. The minimum absolute atomic E-state index is 0.00542. The Kier molecular flexibility index (Phi) is 13.3. The minimum Gasteiger partial charge on any atom is -0.492 e. The number of aryl methyl sites for hydroxylation is 2. The van der Waals surface area contributed by atoms with Crippen LogP contribution in [0, 0.1) is 0 Å². The fourth-order valence-electron chi connectivity index (χ4n) is 3.57. The lowest BCUT2D eigenvalue weighted by atomic mass is 9.99. The SMILES string of the molecule is CCCCCCCc1ccc(OCC(CC)S(=O)(=O)O)c(CCCCCCC)c1. The Hall–Kier alpha value is -1.07. The number of hydrogen-bond donors (Lipinski definition) is 1. The maximum atomic E-state index is 11.5. The molecule has 29 heavy (non-hydrogen) atoms. The zero-order valence-corrected chi connectivity index (χ0v) is 19.6. The number of benzene rings is 1. The second-order valence-corrected chi connectivity index (χ2v) is 9.82. The Morgan fingerprint density at radius 1 is 0.862 bits per heavy atom. The maximum Gasteiger partial charge on any atom is 0.271 e. The van der Waals surface area contributed by atoms with E-state index in [1.165, 1.54) is 63.4 Å². The number of hydrogen-bond acceptors (Lipinski definition) is 3. The average molecular weight is 427 g/mol. The second kappa shape index (κ2) is 14.8. The first-order valence-corrected chi connectivity index (χ1v) is 13.1. The van der Waals surface area contributed by atoms with Crippen LogP contribution in [-0.2, 0) is 23.0 Å². The van der Waals surface area contributed by atoms with Gasteiger partial charge in [0, 0.05) is 0 Å². The van der Waals surface area contributed by atoms with Gasteiger partial charge in [-0.2, -0.15) is 8.42 Å². The molecule has 0 saturated heterocycles. The fourth-order valence-corrected chi connectivity index (χ4v) is 4.23. The van der Waals surface area contributed by atoms with E-state index in [4.69, 9.17) is 4.74 Å². The van der Waals surface area contributed by atoms with Crippen LogP contribution in [0.15, 0.2) is 18.2 Å². The summed E-state index contributed by atoms with van der Waals surface area (Å²) >= 11 is 0. The zero-order chi connectivity index (χ0) is 21.5. The summed E-state index contributed by atoms with van der Waals surface area (Å²) < 4.78 is 38.1. The van der Waals surface area contributed by atoms with Crippen LogP contribution in [0.2, 0.25) is 0 Å². The second-order valence-electron chi connectivity index (χ2n) is 8.13. The van der Waals surface area contributed by atoms with Crippen molar-refractivity contribution in [1.82, 2.24) is 0 Å². The van der Waals surface area contributed by atoms with Crippen molar-refractivity contribution in [3.63, 3.8) is 0 Å². The lowest BCUT2D eigenvalue weighted by Gasteiger charge is -2.17. The number of unbranched alkanes of at least 4 members (excludes halogenated alkanes) is 8. The van der Waals surface area contributed by atoms with E-state index in [9.17, 15) is 13.0 Å². The summed E-state index contributed by atoms with van der Waals surface area (Å²) in [6, 6.07) is 6.33. The molecule has 1 aromatic rings. The van der Waals surface area contributed by atoms with Crippen LogP contribution in [0.3, 0.4) is 0 Å². The van der Waals surface area contributed by atoms with Crippen LogP contribution >= 0.6 is 0 Å². The first-order chi connectivity index (χ1) is 13.9. The van der Waals surface area contributed by atoms with E-state index < -0.39 is 15.4 Å². The molecule has 1 rings (SSSR count).